The van der Waals surface area contributed by atoms with Gasteiger partial charge in [-0.05, 0) is 31.6 Å². The Bertz CT molecular complexity index is 353. The minimum absolute atomic E-state index is 0.0263. The highest BCUT2D eigenvalue weighted by molar-refractivity contribution is 6.04. The van der Waals surface area contributed by atoms with E-state index in [0.717, 1.165) is 12.2 Å². The van der Waals surface area contributed by atoms with E-state index in [1.54, 1.807) is 18.2 Å². The van der Waals surface area contributed by atoms with Crippen molar-refractivity contribution in [3.05, 3.63) is 42.0 Å². The van der Waals surface area contributed by atoms with Crippen LogP contribution in [-0.2, 0) is 0 Å². The largest absolute Gasteiger partial charge is 0.494 e. The normalized spacial score (nSPS) is 10.5. The summed E-state index contributed by atoms with van der Waals surface area (Å²) in [5.41, 5.74) is 0.672. The first kappa shape index (κ1) is 11.5. The smallest absolute Gasteiger partial charge is 0.185 e. The number of ketones is 1. The van der Waals surface area contributed by atoms with Crippen molar-refractivity contribution in [3.63, 3.8) is 0 Å². The average molecular weight is 204 g/mol. The van der Waals surface area contributed by atoms with Gasteiger partial charge in [0.05, 0.1) is 6.61 Å². The molecular formula is C13H16O2. The first-order valence-electron chi connectivity index (χ1n) is 5.21. The maximum atomic E-state index is 11.6. The molecule has 1 aromatic rings. The Morgan fingerprint density at radius 3 is 2.87 bits per heavy atom. The Kier molecular flexibility index (Phi) is 4.61. The van der Waals surface area contributed by atoms with Crippen LogP contribution in [0.2, 0.25) is 0 Å². The molecule has 0 bridgehead atoms. The Morgan fingerprint density at radius 2 is 2.20 bits per heavy atom. The van der Waals surface area contributed by atoms with E-state index >= 15 is 0 Å². The molecule has 0 aliphatic heterocycles. The molecule has 0 atom stereocenters. The lowest BCUT2D eigenvalue weighted by Gasteiger charge is -2.03. The Hall–Kier alpha value is -1.57. The standard InChI is InChI=1S/C13H16O2/c1-3-5-9-13(14)11-7-6-8-12(10-11)15-4-2/h5-10H,3-4H2,1-2H3/b9-5+. The van der Waals surface area contributed by atoms with Crippen LogP contribution in [0.5, 0.6) is 5.75 Å². The molecule has 1 rings (SSSR count). The van der Waals surface area contributed by atoms with Gasteiger partial charge in [0.2, 0.25) is 0 Å². The highest BCUT2D eigenvalue weighted by Gasteiger charge is 2.02. The van der Waals surface area contributed by atoms with Crippen LogP contribution in [0, 0.1) is 0 Å². The molecule has 80 valence electrons. The maximum absolute atomic E-state index is 11.6. The fourth-order valence-corrected chi connectivity index (χ4v) is 1.23. The number of carbonyl (C=O) groups is 1. The number of rotatable bonds is 5. The maximum Gasteiger partial charge on any atom is 0.185 e. The highest BCUT2D eigenvalue weighted by Crippen LogP contribution is 2.14. The second kappa shape index (κ2) is 6.02. The van der Waals surface area contributed by atoms with Crippen molar-refractivity contribution in [3.8, 4) is 5.75 Å². The van der Waals surface area contributed by atoms with Crippen LogP contribution < -0.4 is 4.74 Å². The minimum atomic E-state index is 0.0263. The van der Waals surface area contributed by atoms with E-state index in [0.29, 0.717) is 12.2 Å². The molecule has 15 heavy (non-hydrogen) atoms. The fraction of sp³-hybridized carbons (Fsp3) is 0.308. The molecule has 0 N–H and O–H groups in total. The van der Waals surface area contributed by atoms with Gasteiger partial charge in [-0.3, -0.25) is 4.79 Å². The highest BCUT2D eigenvalue weighted by atomic mass is 16.5. The summed E-state index contributed by atoms with van der Waals surface area (Å²) in [5.74, 6) is 0.770. The van der Waals surface area contributed by atoms with Gasteiger partial charge in [0.25, 0.3) is 0 Å². The lowest BCUT2D eigenvalue weighted by Crippen LogP contribution is -1.96. The monoisotopic (exact) mass is 204 g/mol. The second-order valence-corrected chi connectivity index (χ2v) is 3.14. The zero-order valence-corrected chi connectivity index (χ0v) is 9.19. The molecule has 0 radical (unpaired) electrons. The van der Waals surface area contributed by atoms with Crippen LogP contribution in [-0.4, -0.2) is 12.4 Å². The lowest BCUT2D eigenvalue weighted by atomic mass is 10.1. The fourth-order valence-electron chi connectivity index (χ4n) is 1.23. The summed E-state index contributed by atoms with van der Waals surface area (Å²) < 4.78 is 5.32. The molecule has 0 amide bonds. The average Bonchev–Trinajstić information content (AvgIpc) is 2.27. The number of ether oxygens (including phenoxy) is 1. The van der Waals surface area contributed by atoms with Gasteiger partial charge in [-0.1, -0.05) is 25.1 Å². The zero-order valence-electron chi connectivity index (χ0n) is 9.19. The predicted octanol–water partition coefficient (Wildman–Crippen LogP) is 3.23. The van der Waals surface area contributed by atoms with E-state index in [1.165, 1.54) is 0 Å². The number of allylic oxidation sites excluding steroid dienone is 2. The summed E-state index contributed by atoms with van der Waals surface area (Å²) in [6.07, 6.45) is 4.33. The van der Waals surface area contributed by atoms with Gasteiger partial charge in [0.15, 0.2) is 5.78 Å². The summed E-state index contributed by atoms with van der Waals surface area (Å²) in [7, 11) is 0. The first-order valence-corrected chi connectivity index (χ1v) is 5.21. The van der Waals surface area contributed by atoms with Crippen molar-refractivity contribution in [2.45, 2.75) is 20.3 Å². The van der Waals surface area contributed by atoms with E-state index in [9.17, 15) is 4.79 Å². The summed E-state index contributed by atoms with van der Waals surface area (Å²) in [5, 5.41) is 0. The number of hydrogen-bond acceptors (Lipinski definition) is 2. The lowest BCUT2D eigenvalue weighted by molar-refractivity contribution is 0.104. The molecule has 2 nitrogen and oxygen atoms in total. The molecule has 0 aromatic heterocycles. The Morgan fingerprint density at radius 1 is 1.40 bits per heavy atom. The molecule has 0 unspecified atom stereocenters. The summed E-state index contributed by atoms with van der Waals surface area (Å²) in [6.45, 7) is 4.54. The van der Waals surface area contributed by atoms with Crippen molar-refractivity contribution < 1.29 is 9.53 Å². The summed E-state index contributed by atoms with van der Waals surface area (Å²) in [4.78, 5) is 11.6. The third-order valence-corrected chi connectivity index (χ3v) is 1.93. The molecule has 2 heteroatoms. The van der Waals surface area contributed by atoms with Crippen LogP contribution in [0.4, 0.5) is 0 Å². The molecule has 0 aliphatic rings. The van der Waals surface area contributed by atoms with Crippen molar-refractivity contribution in [1.82, 2.24) is 0 Å². The molecular weight excluding hydrogens is 188 g/mol. The quantitative estimate of drug-likeness (QED) is 0.543. The van der Waals surface area contributed by atoms with E-state index in [4.69, 9.17) is 4.74 Å². The van der Waals surface area contributed by atoms with Gasteiger partial charge in [0, 0.05) is 5.56 Å². The third kappa shape index (κ3) is 3.58. The molecule has 0 spiro atoms. The van der Waals surface area contributed by atoms with Crippen LogP contribution in [0.15, 0.2) is 36.4 Å². The molecule has 0 aliphatic carbocycles. The second-order valence-electron chi connectivity index (χ2n) is 3.14. The van der Waals surface area contributed by atoms with Crippen molar-refractivity contribution in [1.29, 1.82) is 0 Å². The zero-order chi connectivity index (χ0) is 11.1. The van der Waals surface area contributed by atoms with Gasteiger partial charge >= 0.3 is 0 Å². The minimum Gasteiger partial charge on any atom is -0.494 e. The van der Waals surface area contributed by atoms with Gasteiger partial charge in [-0.15, -0.1) is 0 Å². The van der Waals surface area contributed by atoms with Gasteiger partial charge in [0.1, 0.15) is 5.75 Å². The topological polar surface area (TPSA) is 26.3 Å². The van der Waals surface area contributed by atoms with Crippen LogP contribution in [0.1, 0.15) is 30.6 Å². The van der Waals surface area contributed by atoms with Crippen LogP contribution >= 0.6 is 0 Å². The van der Waals surface area contributed by atoms with Gasteiger partial charge in [-0.2, -0.15) is 0 Å². The van der Waals surface area contributed by atoms with Crippen molar-refractivity contribution in [2.75, 3.05) is 6.61 Å². The third-order valence-electron chi connectivity index (χ3n) is 1.93. The Labute approximate surface area is 90.6 Å². The number of hydrogen-bond donors (Lipinski definition) is 0. The van der Waals surface area contributed by atoms with Gasteiger partial charge in [-0.25, -0.2) is 0 Å². The predicted molar refractivity (Wildman–Crippen MR) is 61.4 cm³/mol. The first-order chi connectivity index (χ1) is 7.27. The van der Waals surface area contributed by atoms with E-state index in [2.05, 4.69) is 0 Å². The van der Waals surface area contributed by atoms with Crippen LogP contribution in [0.3, 0.4) is 0 Å². The Balaban J connectivity index is 2.80. The van der Waals surface area contributed by atoms with Crippen molar-refractivity contribution >= 4 is 5.78 Å². The van der Waals surface area contributed by atoms with E-state index < -0.39 is 0 Å². The number of carbonyl (C=O) groups excluding carboxylic acids is 1. The molecule has 0 saturated carbocycles. The van der Waals surface area contributed by atoms with E-state index in [1.807, 2.05) is 32.1 Å². The molecule has 0 saturated heterocycles. The molecule has 0 heterocycles. The van der Waals surface area contributed by atoms with Crippen molar-refractivity contribution in [2.24, 2.45) is 0 Å². The van der Waals surface area contributed by atoms with E-state index in [-0.39, 0.29) is 5.78 Å². The summed E-state index contributed by atoms with van der Waals surface area (Å²) in [6, 6.07) is 7.25. The van der Waals surface area contributed by atoms with Gasteiger partial charge < -0.3 is 4.74 Å². The summed E-state index contributed by atoms with van der Waals surface area (Å²) >= 11 is 0. The number of benzene rings is 1. The van der Waals surface area contributed by atoms with Crippen LogP contribution in [0.25, 0.3) is 0 Å². The molecule has 0 fully saturated rings. The molecule has 1 aromatic carbocycles. The SMILES string of the molecule is CC/C=C/C(=O)c1cccc(OCC)c1.